The van der Waals surface area contributed by atoms with E-state index in [9.17, 15) is 13.2 Å². The molecule has 24 heavy (non-hydrogen) atoms. The lowest BCUT2D eigenvalue weighted by atomic mass is 10.0. The Bertz CT molecular complexity index is 679. The molecule has 0 atom stereocenters. The van der Waals surface area contributed by atoms with Gasteiger partial charge in [-0.3, -0.25) is 9.78 Å². The van der Waals surface area contributed by atoms with Gasteiger partial charge in [-0.15, -0.1) is 0 Å². The van der Waals surface area contributed by atoms with Gasteiger partial charge in [-0.05, 0) is 26.0 Å². The summed E-state index contributed by atoms with van der Waals surface area (Å²) in [5.41, 5.74) is 1.12. The molecule has 1 aromatic rings. The Balaban J connectivity index is 1.50. The molecule has 3 rings (SSSR count). The fourth-order valence-electron chi connectivity index (χ4n) is 3.10. The van der Waals surface area contributed by atoms with Crippen molar-refractivity contribution in [1.29, 1.82) is 0 Å². The summed E-state index contributed by atoms with van der Waals surface area (Å²) in [4.78, 5) is 20.7. The molecule has 2 aliphatic rings. The van der Waals surface area contributed by atoms with Gasteiger partial charge in [-0.2, -0.15) is 0 Å². The van der Waals surface area contributed by atoms with E-state index in [0.717, 1.165) is 18.8 Å². The highest BCUT2D eigenvalue weighted by Gasteiger charge is 2.42. The summed E-state index contributed by atoms with van der Waals surface area (Å²) in [5, 5.41) is -0.433. The van der Waals surface area contributed by atoms with Gasteiger partial charge in [0.1, 0.15) is 0 Å². The molecule has 3 heterocycles. The first-order valence-corrected chi connectivity index (χ1v) is 9.82. The number of carbonyl (C=O) groups is 1. The number of rotatable bonds is 4. The van der Waals surface area contributed by atoms with Crippen LogP contribution in [0.1, 0.15) is 13.8 Å². The lowest BCUT2D eigenvalue weighted by Gasteiger charge is -2.43. The van der Waals surface area contributed by atoms with E-state index in [1.54, 1.807) is 26.2 Å². The molecule has 132 valence electrons. The van der Waals surface area contributed by atoms with E-state index in [1.165, 1.54) is 4.31 Å². The Kier molecular flexibility index (Phi) is 4.78. The number of piperazine rings is 1. The van der Waals surface area contributed by atoms with Crippen molar-refractivity contribution in [3.8, 4) is 0 Å². The molecule has 0 radical (unpaired) electrons. The molecule has 0 spiro atoms. The number of anilines is 1. The first-order chi connectivity index (χ1) is 11.4. The minimum Gasteiger partial charge on any atom is -0.368 e. The predicted octanol–water partition coefficient (Wildman–Crippen LogP) is 0.400. The van der Waals surface area contributed by atoms with Crippen molar-refractivity contribution < 1.29 is 13.2 Å². The van der Waals surface area contributed by atoms with Crippen LogP contribution >= 0.6 is 0 Å². The Morgan fingerprint density at radius 1 is 1.12 bits per heavy atom. The number of carbonyl (C=O) groups excluding carboxylic acids is 1. The number of pyridine rings is 1. The third kappa shape index (κ3) is 3.25. The fraction of sp³-hybridized carbons (Fsp3) is 0.625. The van der Waals surface area contributed by atoms with Crippen LogP contribution in [0.15, 0.2) is 24.5 Å². The maximum atomic E-state index is 12.5. The Morgan fingerprint density at radius 3 is 2.25 bits per heavy atom. The van der Waals surface area contributed by atoms with Gasteiger partial charge in [0.25, 0.3) is 0 Å². The lowest BCUT2D eigenvalue weighted by molar-refractivity contribution is -0.139. The van der Waals surface area contributed by atoms with Crippen molar-refractivity contribution in [1.82, 2.24) is 14.2 Å². The minimum absolute atomic E-state index is 0.0829. The predicted molar refractivity (Wildman–Crippen MR) is 92.1 cm³/mol. The molecule has 7 nitrogen and oxygen atoms in total. The number of aromatic nitrogens is 1. The highest BCUT2D eigenvalue weighted by Crippen LogP contribution is 2.25. The lowest BCUT2D eigenvalue weighted by Crippen LogP contribution is -2.59. The number of hydrogen-bond donors (Lipinski definition) is 0. The summed E-state index contributed by atoms with van der Waals surface area (Å²) in [6, 6.07) is 3.94. The van der Waals surface area contributed by atoms with Crippen LogP contribution in [0, 0.1) is 5.92 Å². The normalized spacial score (nSPS) is 20.3. The molecule has 0 unspecified atom stereocenters. The van der Waals surface area contributed by atoms with Crippen LogP contribution in [0.2, 0.25) is 0 Å². The summed E-state index contributed by atoms with van der Waals surface area (Å²) in [6.07, 6.45) is 3.54. The highest BCUT2D eigenvalue weighted by atomic mass is 32.2. The van der Waals surface area contributed by atoms with E-state index in [0.29, 0.717) is 26.2 Å². The zero-order chi connectivity index (χ0) is 17.3. The molecule has 1 aromatic heterocycles. The number of sulfonamides is 1. The molecule has 8 heteroatoms. The summed E-state index contributed by atoms with van der Waals surface area (Å²) in [6.45, 7) is 6.91. The van der Waals surface area contributed by atoms with Crippen LogP contribution in [0.3, 0.4) is 0 Å². The molecule has 0 bridgehead atoms. The van der Waals surface area contributed by atoms with E-state index < -0.39 is 15.3 Å². The average molecular weight is 352 g/mol. The van der Waals surface area contributed by atoms with Crippen LogP contribution in [0.25, 0.3) is 0 Å². The third-order valence-corrected chi connectivity index (χ3v) is 6.98. The summed E-state index contributed by atoms with van der Waals surface area (Å²) in [7, 11) is -3.23. The van der Waals surface area contributed by atoms with Crippen LogP contribution in [-0.2, 0) is 14.8 Å². The molecule has 0 saturated carbocycles. The van der Waals surface area contributed by atoms with Gasteiger partial charge in [-0.1, -0.05) is 0 Å². The van der Waals surface area contributed by atoms with Crippen molar-refractivity contribution in [3.63, 3.8) is 0 Å². The van der Waals surface area contributed by atoms with E-state index in [1.807, 2.05) is 17.0 Å². The van der Waals surface area contributed by atoms with Crippen LogP contribution < -0.4 is 4.90 Å². The third-order valence-electron chi connectivity index (χ3n) is 4.77. The Hall–Kier alpha value is -1.67. The minimum atomic E-state index is -3.23. The Morgan fingerprint density at radius 2 is 1.71 bits per heavy atom. The van der Waals surface area contributed by atoms with E-state index in [4.69, 9.17) is 0 Å². The molecule has 1 amide bonds. The molecule has 0 aromatic carbocycles. The van der Waals surface area contributed by atoms with Gasteiger partial charge in [0, 0.05) is 57.3 Å². The quantitative estimate of drug-likeness (QED) is 0.784. The number of nitrogens with zero attached hydrogens (tertiary/aromatic N) is 4. The molecule has 2 fully saturated rings. The van der Waals surface area contributed by atoms with Crippen molar-refractivity contribution in [3.05, 3.63) is 24.5 Å². The van der Waals surface area contributed by atoms with E-state index >= 15 is 0 Å². The zero-order valence-electron chi connectivity index (χ0n) is 14.1. The maximum Gasteiger partial charge on any atom is 0.228 e. The first kappa shape index (κ1) is 17.2. The molecule has 0 N–H and O–H groups in total. The van der Waals surface area contributed by atoms with E-state index in [-0.39, 0.29) is 11.8 Å². The zero-order valence-corrected chi connectivity index (χ0v) is 14.9. The van der Waals surface area contributed by atoms with Gasteiger partial charge in [0.05, 0.1) is 11.2 Å². The molecular weight excluding hydrogens is 328 g/mol. The van der Waals surface area contributed by atoms with Gasteiger partial charge in [0.2, 0.25) is 15.9 Å². The van der Waals surface area contributed by atoms with Crippen molar-refractivity contribution in [2.75, 3.05) is 44.2 Å². The van der Waals surface area contributed by atoms with Gasteiger partial charge in [0.15, 0.2) is 0 Å². The average Bonchev–Trinajstić information content (AvgIpc) is 2.54. The van der Waals surface area contributed by atoms with Gasteiger partial charge < -0.3 is 9.80 Å². The summed E-state index contributed by atoms with van der Waals surface area (Å²) in [5.74, 6) is -0.106. The summed E-state index contributed by atoms with van der Waals surface area (Å²) < 4.78 is 25.5. The van der Waals surface area contributed by atoms with E-state index in [2.05, 4.69) is 9.88 Å². The topological polar surface area (TPSA) is 73.8 Å². The second-order valence-corrected chi connectivity index (χ2v) is 9.11. The smallest absolute Gasteiger partial charge is 0.228 e. The van der Waals surface area contributed by atoms with Crippen LogP contribution in [0.5, 0.6) is 0 Å². The van der Waals surface area contributed by atoms with Crippen molar-refractivity contribution in [2.24, 2.45) is 5.92 Å². The first-order valence-electron chi connectivity index (χ1n) is 8.32. The SMILES string of the molecule is CC(C)S(=O)(=O)N1CC(C(=O)N2CCN(c3ccncc3)CC2)C1. The van der Waals surface area contributed by atoms with Crippen molar-refractivity contribution >= 4 is 21.6 Å². The monoisotopic (exact) mass is 352 g/mol. The summed E-state index contributed by atoms with van der Waals surface area (Å²) >= 11 is 0. The van der Waals surface area contributed by atoms with Crippen LogP contribution in [0.4, 0.5) is 5.69 Å². The molecule has 2 aliphatic heterocycles. The standard InChI is InChI=1S/C16H24N4O3S/c1-13(2)24(22,23)20-11-14(12-20)16(21)19-9-7-18(8-10-19)15-3-5-17-6-4-15/h3-6,13-14H,7-12H2,1-2H3. The van der Waals surface area contributed by atoms with Gasteiger partial charge >= 0.3 is 0 Å². The Labute approximate surface area is 143 Å². The maximum absolute atomic E-state index is 12.5. The second-order valence-electron chi connectivity index (χ2n) is 6.63. The molecular formula is C16H24N4O3S. The highest BCUT2D eigenvalue weighted by molar-refractivity contribution is 7.89. The van der Waals surface area contributed by atoms with Crippen LogP contribution in [-0.4, -0.2) is 73.0 Å². The van der Waals surface area contributed by atoms with Crippen molar-refractivity contribution in [2.45, 2.75) is 19.1 Å². The number of hydrogen-bond acceptors (Lipinski definition) is 5. The molecule has 0 aliphatic carbocycles. The molecule has 2 saturated heterocycles. The fourth-order valence-corrected chi connectivity index (χ4v) is 4.47. The van der Waals surface area contributed by atoms with Gasteiger partial charge in [-0.25, -0.2) is 12.7 Å². The number of amides is 1. The largest absolute Gasteiger partial charge is 0.368 e. The second kappa shape index (κ2) is 6.68.